The van der Waals surface area contributed by atoms with Crippen molar-refractivity contribution in [3.05, 3.63) is 34.4 Å². The van der Waals surface area contributed by atoms with Crippen LogP contribution in [0.4, 0.5) is 0 Å². The molecule has 0 fully saturated rings. The van der Waals surface area contributed by atoms with E-state index in [1.165, 1.54) is 6.07 Å². The van der Waals surface area contributed by atoms with Crippen LogP contribution in [0.25, 0.3) is 0 Å². The number of rotatable bonds is 7. The van der Waals surface area contributed by atoms with E-state index in [1.807, 2.05) is 0 Å². The molecule has 0 aromatic heterocycles. The van der Waals surface area contributed by atoms with Crippen molar-refractivity contribution in [2.24, 2.45) is 0 Å². The maximum Gasteiger partial charge on any atom is 0.336 e. The molecule has 0 heterocycles. The number of unbranched alkanes of at least 4 members (excludes halogenated alkanes) is 3. The minimum absolute atomic E-state index is 0.0645. The minimum Gasteiger partial charge on any atom is -0.478 e. The largest absolute Gasteiger partial charge is 0.478 e. The Balaban J connectivity index is 3.01. The molecule has 0 saturated heterocycles. The highest BCUT2D eigenvalue weighted by molar-refractivity contribution is 5.97. The lowest BCUT2D eigenvalue weighted by molar-refractivity contribution is 0.0695. The van der Waals surface area contributed by atoms with E-state index in [2.05, 4.69) is 6.92 Å². The molecule has 104 valence electrons. The van der Waals surface area contributed by atoms with Crippen LogP contribution in [0, 0.1) is 6.92 Å². The highest BCUT2D eigenvalue weighted by Crippen LogP contribution is 2.21. The Morgan fingerprint density at radius 3 is 2.26 bits per heavy atom. The quantitative estimate of drug-likeness (QED) is 0.739. The third-order valence-corrected chi connectivity index (χ3v) is 3.30. The van der Waals surface area contributed by atoms with Crippen molar-refractivity contribution in [1.29, 1.82) is 0 Å². The van der Waals surface area contributed by atoms with Crippen LogP contribution in [-0.4, -0.2) is 22.2 Å². The molecule has 0 radical (unpaired) electrons. The Hall–Kier alpha value is -1.84. The van der Waals surface area contributed by atoms with E-state index in [-0.39, 0.29) is 11.1 Å². The maximum atomic E-state index is 11.3. The second kappa shape index (κ2) is 6.92. The highest BCUT2D eigenvalue weighted by Gasteiger charge is 2.18. The predicted molar refractivity (Wildman–Crippen MR) is 72.9 cm³/mol. The Bertz CT molecular complexity index is 477. The third-order valence-electron chi connectivity index (χ3n) is 3.30. The number of hydrogen-bond donors (Lipinski definition) is 2. The maximum absolute atomic E-state index is 11.3. The first-order valence-corrected chi connectivity index (χ1v) is 6.58. The summed E-state index contributed by atoms with van der Waals surface area (Å²) in [6.45, 7) is 3.68. The van der Waals surface area contributed by atoms with Crippen LogP contribution < -0.4 is 0 Å². The summed E-state index contributed by atoms with van der Waals surface area (Å²) in [5.74, 6) is -2.14. The summed E-state index contributed by atoms with van der Waals surface area (Å²) in [7, 11) is 0. The van der Waals surface area contributed by atoms with Crippen molar-refractivity contribution >= 4 is 11.9 Å². The highest BCUT2D eigenvalue weighted by atomic mass is 16.4. The van der Waals surface area contributed by atoms with Crippen molar-refractivity contribution in [2.75, 3.05) is 0 Å². The molecular weight excluding hydrogens is 244 g/mol. The number of hydrogen-bond acceptors (Lipinski definition) is 2. The second-order valence-corrected chi connectivity index (χ2v) is 4.69. The van der Waals surface area contributed by atoms with Crippen molar-refractivity contribution in [3.63, 3.8) is 0 Å². The van der Waals surface area contributed by atoms with Gasteiger partial charge in [0.05, 0.1) is 11.1 Å². The van der Waals surface area contributed by atoms with E-state index >= 15 is 0 Å². The lowest BCUT2D eigenvalue weighted by Crippen LogP contribution is -2.10. The average molecular weight is 264 g/mol. The zero-order valence-corrected chi connectivity index (χ0v) is 11.4. The molecule has 0 amide bonds. The van der Waals surface area contributed by atoms with Gasteiger partial charge in [0.1, 0.15) is 0 Å². The van der Waals surface area contributed by atoms with Gasteiger partial charge in [0.15, 0.2) is 0 Å². The van der Waals surface area contributed by atoms with Crippen LogP contribution in [0.5, 0.6) is 0 Å². The Morgan fingerprint density at radius 1 is 1.05 bits per heavy atom. The second-order valence-electron chi connectivity index (χ2n) is 4.69. The molecule has 0 spiro atoms. The monoisotopic (exact) mass is 264 g/mol. The minimum atomic E-state index is -1.09. The summed E-state index contributed by atoms with van der Waals surface area (Å²) in [6.07, 6.45) is 4.94. The molecule has 1 rings (SSSR count). The van der Waals surface area contributed by atoms with E-state index in [1.54, 1.807) is 13.0 Å². The van der Waals surface area contributed by atoms with Crippen molar-refractivity contribution in [3.8, 4) is 0 Å². The summed E-state index contributed by atoms with van der Waals surface area (Å²) < 4.78 is 0. The van der Waals surface area contributed by atoms with Crippen molar-refractivity contribution < 1.29 is 19.8 Å². The summed E-state index contributed by atoms with van der Waals surface area (Å²) in [6, 6.07) is 3.13. The molecule has 0 atom stereocenters. The van der Waals surface area contributed by atoms with Crippen LogP contribution in [0.15, 0.2) is 12.1 Å². The molecule has 1 aromatic carbocycles. The third kappa shape index (κ3) is 3.81. The van der Waals surface area contributed by atoms with Gasteiger partial charge < -0.3 is 10.2 Å². The first-order valence-electron chi connectivity index (χ1n) is 6.58. The fourth-order valence-electron chi connectivity index (χ4n) is 2.25. The number of carbonyl (C=O) groups is 2. The molecule has 1 aromatic rings. The SMILES string of the molecule is CCCCCCc1ccc(C(=O)O)c(C)c1C(=O)O. The first kappa shape index (κ1) is 15.2. The number of benzene rings is 1. The Kier molecular flexibility index (Phi) is 5.55. The normalized spacial score (nSPS) is 10.4. The smallest absolute Gasteiger partial charge is 0.336 e. The van der Waals surface area contributed by atoms with Gasteiger partial charge in [-0.2, -0.15) is 0 Å². The Labute approximate surface area is 113 Å². The predicted octanol–water partition coefficient (Wildman–Crippen LogP) is 3.51. The van der Waals surface area contributed by atoms with Crippen LogP contribution in [0.2, 0.25) is 0 Å². The van der Waals surface area contributed by atoms with E-state index in [9.17, 15) is 14.7 Å². The van der Waals surface area contributed by atoms with E-state index in [0.29, 0.717) is 12.0 Å². The van der Waals surface area contributed by atoms with Gasteiger partial charge in [-0.25, -0.2) is 9.59 Å². The van der Waals surface area contributed by atoms with Gasteiger partial charge in [0, 0.05) is 0 Å². The topological polar surface area (TPSA) is 74.6 Å². The summed E-state index contributed by atoms with van der Waals surface area (Å²) in [4.78, 5) is 22.3. The molecule has 0 bridgehead atoms. The molecule has 4 nitrogen and oxygen atoms in total. The zero-order chi connectivity index (χ0) is 14.4. The molecule has 0 unspecified atom stereocenters. The molecule has 0 aliphatic heterocycles. The van der Waals surface area contributed by atoms with Gasteiger partial charge in [-0.3, -0.25) is 0 Å². The fraction of sp³-hybridized carbons (Fsp3) is 0.467. The number of aryl methyl sites for hydroxylation is 1. The van der Waals surface area contributed by atoms with Crippen LogP contribution in [-0.2, 0) is 6.42 Å². The molecule has 0 aliphatic rings. The summed E-state index contributed by atoms with van der Waals surface area (Å²) in [5.41, 5.74) is 1.28. The van der Waals surface area contributed by atoms with Gasteiger partial charge in [0.2, 0.25) is 0 Å². The van der Waals surface area contributed by atoms with E-state index in [4.69, 9.17) is 5.11 Å². The average Bonchev–Trinajstić information content (AvgIpc) is 2.33. The Morgan fingerprint density at radius 2 is 1.74 bits per heavy atom. The van der Waals surface area contributed by atoms with Gasteiger partial charge in [-0.1, -0.05) is 32.3 Å². The fourth-order valence-corrected chi connectivity index (χ4v) is 2.25. The molecule has 4 heteroatoms. The zero-order valence-electron chi connectivity index (χ0n) is 11.4. The lowest BCUT2D eigenvalue weighted by Gasteiger charge is -2.11. The van der Waals surface area contributed by atoms with Crippen LogP contribution in [0.1, 0.15) is 64.4 Å². The summed E-state index contributed by atoms with van der Waals surface area (Å²) >= 11 is 0. The van der Waals surface area contributed by atoms with Crippen LogP contribution in [0.3, 0.4) is 0 Å². The van der Waals surface area contributed by atoms with Crippen LogP contribution >= 0.6 is 0 Å². The van der Waals surface area contributed by atoms with Crippen molar-refractivity contribution in [1.82, 2.24) is 0 Å². The molecule has 0 aliphatic carbocycles. The number of carboxylic acid groups (broad SMARTS) is 2. The lowest BCUT2D eigenvalue weighted by atomic mass is 9.93. The molecular formula is C15H20O4. The first-order chi connectivity index (χ1) is 8.99. The summed E-state index contributed by atoms with van der Waals surface area (Å²) in [5, 5.41) is 18.3. The molecule has 0 saturated carbocycles. The number of carboxylic acids is 2. The van der Waals surface area contributed by atoms with E-state index in [0.717, 1.165) is 31.2 Å². The van der Waals surface area contributed by atoms with Gasteiger partial charge >= 0.3 is 11.9 Å². The molecule has 2 N–H and O–H groups in total. The molecule has 19 heavy (non-hydrogen) atoms. The number of aromatic carboxylic acids is 2. The van der Waals surface area contributed by atoms with E-state index < -0.39 is 11.9 Å². The standard InChI is InChI=1S/C15H20O4/c1-3-4-5-6-7-11-8-9-12(14(16)17)10(2)13(11)15(18)19/h8-9H,3-7H2,1-2H3,(H,16,17)(H,18,19). The van der Waals surface area contributed by atoms with Crippen molar-refractivity contribution in [2.45, 2.75) is 46.0 Å². The van der Waals surface area contributed by atoms with Gasteiger partial charge in [-0.05, 0) is 37.0 Å². The van der Waals surface area contributed by atoms with Gasteiger partial charge in [0.25, 0.3) is 0 Å². The van der Waals surface area contributed by atoms with Gasteiger partial charge in [-0.15, -0.1) is 0 Å².